The number of benzene rings is 1. The highest BCUT2D eigenvalue weighted by Crippen LogP contribution is 2.27. The second-order valence-electron chi connectivity index (χ2n) is 4.58. The molecule has 0 fully saturated rings. The molecule has 2 amide bonds. The highest BCUT2D eigenvalue weighted by Gasteiger charge is 2.29. The number of hydrogen-bond acceptors (Lipinski definition) is 3. The highest BCUT2D eigenvalue weighted by molar-refractivity contribution is 6.00. The molecule has 0 saturated carbocycles. The molecule has 1 aliphatic heterocycles. The average Bonchev–Trinajstić information content (AvgIpc) is 2.77. The van der Waals surface area contributed by atoms with Crippen LogP contribution in [0.25, 0.3) is 0 Å². The second kappa shape index (κ2) is 5.13. The minimum atomic E-state index is -0.276. The van der Waals surface area contributed by atoms with Gasteiger partial charge < -0.3 is 10.6 Å². The lowest BCUT2D eigenvalue weighted by Gasteiger charge is -2.11. The van der Waals surface area contributed by atoms with Crippen LogP contribution >= 0.6 is 0 Å². The standard InChI is InChI=1S/C15H13N3O2/c19-14(18-13-7-3-4-8-16-13)9-12-10-5-1-2-6-11(10)15(20)17-12/h1-8,12H,9H2,(H,17,20)(H,16,18,19)/t12-/m0/s1. The molecule has 1 aromatic carbocycles. The number of amides is 2. The maximum absolute atomic E-state index is 12.0. The number of anilines is 1. The zero-order chi connectivity index (χ0) is 13.9. The zero-order valence-corrected chi connectivity index (χ0v) is 10.7. The first-order chi connectivity index (χ1) is 9.74. The van der Waals surface area contributed by atoms with E-state index in [9.17, 15) is 9.59 Å². The van der Waals surface area contributed by atoms with Crippen molar-refractivity contribution < 1.29 is 9.59 Å². The van der Waals surface area contributed by atoms with Gasteiger partial charge in [0.2, 0.25) is 5.91 Å². The fraction of sp³-hybridized carbons (Fsp3) is 0.133. The van der Waals surface area contributed by atoms with Crippen molar-refractivity contribution in [2.75, 3.05) is 5.32 Å². The molecule has 0 bridgehead atoms. The van der Waals surface area contributed by atoms with Gasteiger partial charge in [0.05, 0.1) is 12.5 Å². The molecule has 1 atom stereocenters. The molecule has 5 heteroatoms. The van der Waals surface area contributed by atoms with Crippen LogP contribution in [0.15, 0.2) is 48.7 Å². The van der Waals surface area contributed by atoms with Crippen molar-refractivity contribution in [2.24, 2.45) is 0 Å². The fourth-order valence-electron chi connectivity index (χ4n) is 2.30. The number of aromatic nitrogens is 1. The molecule has 5 nitrogen and oxygen atoms in total. The largest absolute Gasteiger partial charge is 0.345 e. The molecule has 1 aliphatic rings. The Morgan fingerprint density at radius 1 is 1.20 bits per heavy atom. The van der Waals surface area contributed by atoms with Crippen LogP contribution in [0, 0.1) is 0 Å². The van der Waals surface area contributed by atoms with Crippen LogP contribution in [0.3, 0.4) is 0 Å². The molecule has 1 aromatic heterocycles. The van der Waals surface area contributed by atoms with Gasteiger partial charge in [0.15, 0.2) is 0 Å². The van der Waals surface area contributed by atoms with Crippen molar-refractivity contribution in [2.45, 2.75) is 12.5 Å². The van der Waals surface area contributed by atoms with Gasteiger partial charge in [0.25, 0.3) is 5.91 Å². The van der Waals surface area contributed by atoms with E-state index in [-0.39, 0.29) is 24.3 Å². The lowest BCUT2D eigenvalue weighted by atomic mass is 10.0. The van der Waals surface area contributed by atoms with Crippen LogP contribution in [0.1, 0.15) is 28.4 Å². The summed E-state index contributed by atoms with van der Waals surface area (Å²) in [6.45, 7) is 0. The number of rotatable bonds is 3. The van der Waals surface area contributed by atoms with E-state index >= 15 is 0 Å². The summed E-state index contributed by atoms with van der Waals surface area (Å²) in [5.41, 5.74) is 1.51. The first kappa shape index (κ1) is 12.3. The molecule has 0 saturated heterocycles. The Morgan fingerprint density at radius 3 is 2.80 bits per heavy atom. The first-order valence-electron chi connectivity index (χ1n) is 6.35. The highest BCUT2D eigenvalue weighted by atomic mass is 16.2. The summed E-state index contributed by atoms with van der Waals surface area (Å²) in [6.07, 6.45) is 1.81. The van der Waals surface area contributed by atoms with Gasteiger partial charge in [-0.25, -0.2) is 4.98 Å². The van der Waals surface area contributed by atoms with Gasteiger partial charge in [-0.05, 0) is 23.8 Å². The summed E-state index contributed by atoms with van der Waals surface area (Å²) >= 11 is 0. The van der Waals surface area contributed by atoms with E-state index in [4.69, 9.17) is 0 Å². The molecule has 2 aromatic rings. The van der Waals surface area contributed by atoms with E-state index in [1.807, 2.05) is 18.2 Å². The van der Waals surface area contributed by atoms with Gasteiger partial charge in [-0.1, -0.05) is 24.3 Å². The maximum Gasteiger partial charge on any atom is 0.252 e. The maximum atomic E-state index is 12.0. The Bertz CT molecular complexity index is 655. The molecule has 20 heavy (non-hydrogen) atoms. The summed E-state index contributed by atoms with van der Waals surface area (Å²) in [6, 6.07) is 12.3. The van der Waals surface area contributed by atoms with E-state index in [0.29, 0.717) is 11.4 Å². The Labute approximate surface area is 116 Å². The first-order valence-corrected chi connectivity index (χ1v) is 6.35. The Hall–Kier alpha value is -2.69. The van der Waals surface area contributed by atoms with Gasteiger partial charge in [-0.3, -0.25) is 9.59 Å². The van der Waals surface area contributed by atoms with E-state index in [1.54, 1.807) is 30.5 Å². The summed E-state index contributed by atoms with van der Waals surface area (Å²) in [5, 5.41) is 5.53. The predicted octanol–water partition coefficient (Wildman–Crippen LogP) is 1.89. The Balaban J connectivity index is 1.70. The summed E-state index contributed by atoms with van der Waals surface area (Å²) in [4.78, 5) is 27.8. The summed E-state index contributed by atoms with van der Waals surface area (Å²) in [7, 11) is 0. The van der Waals surface area contributed by atoms with Crippen molar-refractivity contribution >= 4 is 17.6 Å². The summed E-state index contributed by atoms with van der Waals surface area (Å²) in [5.74, 6) is 0.206. The number of carbonyl (C=O) groups is 2. The molecule has 0 spiro atoms. The van der Waals surface area contributed by atoms with Crippen molar-refractivity contribution in [3.8, 4) is 0 Å². The van der Waals surface area contributed by atoms with Gasteiger partial charge in [0.1, 0.15) is 5.82 Å². The van der Waals surface area contributed by atoms with Crippen molar-refractivity contribution in [3.63, 3.8) is 0 Å². The van der Waals surface area contributed by atoms with Crippen LogP contribution in [0.2, 0.25) is 0 Å². The molecular formula is C15H13N3O2. The third-order valence-electron chi connectivity index (χ3n) is 3.21. The van der Waals surface area contributed by atoms with E-state index < -0.39 is 0 Å². The molecule has 3 rings (SSSR count). The van der Waals surface area contributed by atoms with Gasteiger partial charge >= 0.3 is 0 Å². The van der Waals surface area contributed by atoms with Crippen LogP contribution in [0.4, 0.5) is 5.82 Å². The third-order valence-corrected chi connectivity index (χ3v) is 3.21. The van der Waals surface area contributed by atoms with Gasteiger partial charge in [-0.2, -0.15) is 0 Å². The van der Waals surface area contributed by atoms with Crippen LogP contribution in [-0.4, -0.2) is 16.8 Å². The third kappa shape index (κ3) is 2.38. The van der Waals surface area contributed by atoms with E-state index in [2.05, 4.69) is 15.6 Å². The van der Waals surface area contributed by atoms with Crippen LogP contribution in [-0.2, 0) is 4.79 Å². The van der Waals surface area contributed by atoms with Crippen LogP contribution in [0.5, 0.6) is 0 Å². The SMILES string of the molecule is O=C(C[C@@H]1NC(=O)c2ccccc21)Nc1ccccn1. The molecule has 0 radical (unpaired) electrons. The molecule has 0 aliphatic carbocycles. The minimum absolute atomic E-state index is 0.128. The van der Waals surface area contributed by atoms with Gasteiger partial charge in [-0.15, -0.1) is 0 Å². The quantitative estimate of drug-likeness (QED) is 0.892. The predicted molar refractivity (Wildman–Crippen MR) is 74.1 cm³/mol. The molecule has 100 valence electrons. The Kier molecular flexibility index (Phi) is 3.16. The zero-order valence-electron chi connectivity index (χ0n) is 10.7. The molecular weight excluding hydrogens is 254 g/mol. The van der Waals surface area contributed by atoms with Gasteiger partial charge in [0, 0.05) is 11.8 Å². The number of fused-ring (bicyclic) bond motifs is 1. The Morgan fingerprint density at radius 2 is 2.00 bits per heavy atom. The van der Waals surface area contributed by atoms with E-state index in [1.165, 1.54) is 0 Å². The number of nitrogens with zero attached hydrogens (tertiary/aromatic N) is 1. The van der Waals surface area contributed by atoms with Crippen molar-refractivity contribution in [3.05, 3.63) is 59.8 Å². The fourth-order valence-corrected chi connectivity index (χ4v) is 2.30. The van der Waals surface area contributed by atoms with Crippen molar-refractivity contribution in [1.82, 2.24) is 10.3 Å². The number of carbonyl (C=O) groups excluding carboxylic acids is 2. The molecule has 0 unspecified atom stereocenters. The number of hydrogen-bond donors (Lipinski definition) is 2. The number of nitrogens with one attached hydrogen (secondary N) is 2. The van der Waals surface area contributed by atoms with E-state index in [0.717, 1.165) is 5.56 Å². The lowest BCUT2D eigenvalue weighted by Crippen LogP contribution is -2.24. The average molecular weight is 267 g/mol. The minimum Gasteiger partial charge on any atom is -0.345 e. The number of pyridine rings is 1. The molecule has 2 N–H and O–H groups in total. The topological polar surface area (TPSA) is 71.1 Å². The summed E-state index contributed by atoms with van der Waals surface area (Å²) < 4.78 is 0. The monoisotopic (exact) mass is 267 g/mol. The van der Waals surface area contributed by atoms with Crippen molar-refractivity contribution in [1.29, 1.82) is 0 Å². The second-order valence-corrected chi connectivity index (χ2v) is 4.58. The lowest BCUT2D eigenvalue weighted by molar-refractivity contribution is -0.116. The van der Waals surface area contributed by atoms with Crippen LogP contribution < -0.4 is 10.6 Å². The normalized spacial score (nSPS) is 16.4. The smallest absolute Gasteiger partial charge is 0.252 e. The molecule has 2 heterocycles.